The van der Waals surface area contributed by atoms with Gasteiger partial charge in [0.2, 0.25) is 0 Å². The number of carbonyl (C=O) groups excluding carboxylic acids is 1. The first-order valence-electron chi connectivity index (χ1n) is 7.29. The number of ether oxygens (including phenoxy) is 3. The molecule has 6 heteroatoms. The van der Waals surface area contributed by atoms with Gasteiger partial charge >= 0.3 is 0 Å². The van der Waals surface area contributed by atoms with Crippen molar-refractivity contribution < 1.29 is 19.0 Å². The lowest BCUT2D eigenvalue weighted by Gasteiger charge is -2.11. The third-order valence-corrected chi connectivity index (χ3v) is 3.50. The maximum Gasteiger partial charge on any atom is 0.271 e. The quantitative estimate of drug-likeness (QED) is 0.654. The molecule has 0 fully saturated rings. The molecule has 0 spiro atoms. The van der Waals surface area contributed by atoms with Gasteiger partial charge < -0.3 is 14.2 Å². The number of methoxy groups -OCH3 is 3. The summed E-state index contributed by atoms with van der Waals surface area (Å²) in [5.41, 5.74) is 4.62. The van der Waals surface area contributed by atoms with Gasteiger partial charge in [-0.25, -0.2) is 5.43 Å². The minimum absolute atomic E-state index is 0.274. The van der Waals surface area contributed by atoms with Crippen LogP contribution >= 0.6 is 0 Å². The summed E-state index contributed by atoms with van der Waals surface area (Å²) in [5, 5.41) is 4.00. The van der Waals surface area contributed by atoms with Crippen LogP contribution < -0.4 is 19.6 Å². The SMILES string of the molecule is COc1cc(OC)c(OC)cc1C=NNC(=O)c1ccccc1C. The molecule has 0 heterocycles. The fourth-order valence-electron chi connectivity index (χ4n) is 2.20. The second kappa shape index (κ2) is 8.01. The fraction of sp³-hybridized carbons (Fsp3) is 0.222. The van der Waals surface area contributed by atoms with Crippen molar-refractivity contribution in [1.29, 1.82) is 0 Å². The summed E-state index contributed by atoms with van der Waals surface area (Å²) in [7, 11) is 4.64. The Morgan fingerprint density at radius 2 is 1.62 bits per heavy atom. The number of hydrogen-bond acceptors (Lipinski definition) is 5. The van der Waals surface area contributed by atoms with E-state index in [1.54, 1.807) is 39.5 Å². The van der Waals surface area contributed by atoms with E-state index >= 15 is 0 Å². The Morgan fingerprint density at radius 1 is 1.00 bits per heavy atom. The van der Waals surface area contributed by atoms with E-state index in [1.165, 1.54) is 6.21 Å². The normalized spacial score (nSPS) is 10.5. The molecule has 0 aliphatic rings. The maximum absolute atomic E-state index is 12.1. The molecule has 0 saturated carbocycles. The Balaban J connectivity index is 2.19. The average Bonchev–Trinajstić information content (AvgIpc) is 2.61. The molecule has 0 bridgehead atoms. The van der Waals surface area contributed by atoms with Crippen molar-refractivity contribution in [2.75, 3.05) is 21.3 Å². The molecule has 2 rings (SSSR count). The number of nitrogens with zero attached hydrogens (tertiary/aromatic N) is 1. The van der Waals surface area contributed by atoms with E-state index in [1.807, 2.05) is 25.1 Å². The van der Waals surface area contributed by atoms with Crippen molar-refractivity contribution in [3.63, 3.8) is 0 Å². The number of carbonyl (C=O) groups is 1. The number of rotatable bonds is 6. The van der Waals surface area contributed by atoms with Gasteiger partial charge in [0, 0.05) is 17.2 Å². The summed E-state index contributed by atoms with van der Waals surface area (Å²) in [6, 6.07) is 10.7. The van der Waals surface area contributed by atoms with Crippen molar-refractivity contribution >= 4 is 12.1 Å². The van der Waals surface area contributed by atoms with E-state index in [2.05, 4.69) is 10.5 Å². The summed E-state index contributed by atoms with van der Waals surface area (Å²) in [5.74, 6) is 1.38. The molecule has 0 radical (unpaired) electrons. The summed E-state index contributed by atoms with van der Waals surface area (Å²) in [6.07, 6.45) is 1.50. The van der Waals surface area contributed by atoms with Crippen LogP contribution in [0.15, 0.2) is 41.5 Å². The predicted octanol–water partition coefficient (Wildman–Crippen LogP) is 2.78. The third-order valence-electron chi connectivity index (χ3n) is 3.50. The van der Waals surface area contributed by atoms with Crippen LogP contribution in [-0.4, -0.2) is 33.5 Å². The molecule has 0 aliphatic carbocycles. The minimum atomic E-state index is -0.274. The summed E-state index contributed by atoms with van der Waals surface area (Å²) >= 11 is 0. The van der Waals surface area contributed by atoms with E-state index in [0.717, 1.165) is 5.56 Å². The number of hydrazone groups is 1. The van der Waals surface area contributed by atoms with Gasteiger partial charge in [-0.2, -0.15) is 5.10 Å². The second-order valence-electron chi connectivity index (χ2n) is 4.96. The Hall–Kier alpha value is -3.02. The maximum atomic E-state index is 12.1. The van der Waals surface area contributed by atoms with Gasteiger partial charge in [0.05, 0.1) is 27.5 Å². The topological polar surface area (TPSA) is 69.2 Å². The first kappa shape index (κ1) is 17.3. The predicted molar refractivity (Wildman–Crippen MR) is 92.3 cm³/mol. The molecular weight excluding hydrogens is 308 g/mol. The van der Waals surface area contributed by atoms with Crippen LogP contribution in [-0.2, 0) is 0 Å². The van der Waals surface area contributed by atoms with Crippen LogP contribution in [0.1, 0.15) is 21.5 Å². The molecule has 0 aliphatic heterocycles. The molecule has 0 atom stereocenters. The minimum Gasteiger partial charge on any atom is -0.496 e. The number of amides is 1. The fourth-order valence-corrected chi connectivity index (χ4v) is 2.20. The molecule has 6 nitrogen and oxygen atoms in total. The standard InChI is InChI=1S/C18H20N2O4/c1-12-7-5-6-8-14(12)18(21)20-19-11-13-9-16(23-3)17(24-4)10-15(13)22-2/h5-11H,1-4H3,(H,20,21). The third kappa shape index (κ3) is 3.84. The van der Waals surface area contributed by atoms with Gasteiger partial charge in [-0.05, 0) is 24.6 Å². The number of aryl methyl sites for hydroxylation is 1. The molecule has 1 amide bonds. The highest BCUT2D eigenvalue weighted by Gasteiger charge is 2.11. The molecule has 2 aromatic carbocycles. The molecule has 0 saturated heterocycles. The average molecular weight is 328 g/mol. The zero-order chi connectivity index (χ0) is 17.5. The highest BCUT2D eigenvalue weighted by molar-refractivity contribution is 5.96. The first-order valence-corrected chi connectivity index (χ1v) is 7.29. The molecular formula is C18H20N2O4. The van der Waals surface area contributed by atoms with Crippen LogP contribution in [0.3, 0.4) is 0 Å². The number of nitrogens with one attached hydrogen (secondary N) is 1. The largest absolute Gasteiger partial charge is 0.496 e. The van der Waals surface area contributed by atoms with Crippen LogP contribution in [0.5, 0.6) is 17.2 Å². The zero-order valence-corrected chi connectivity index (χ0v) is 14.1. The van der Waals surface area contributed by atoms with E-state index in [9.17, 15) is 4.79 Å². The highest BCUT2D eigenvalue weighted by Crippen LogP contribution is 2.33. The summed E-state index contributed by atoms with van der Waals surface area (Å²) in [6.45, 7) is 1.87. The number of hydrogen-bond donors (Lipinski definition) is 1. The van der Waals surface area contributed by atoms with E-state index in [4.69, 9.17) is 14.2 Å². The van der Waals surface area contributed by atoms with Gasteiger partial charge in [-0.1, -0.05) is 18.2 Å². The van der Waals surface area contributed by atoms with Crippen LogP contribution in [0.25, 0.3) is 0 Å². The van der Waals surface area contributed by atoms with Gasteiger partial charge in [-0.3, -0.25) is 4.79 Å². The van der Waals surface area contributed by atoms with Crippen molar-refractivity contribution in [2.45, 2.75) is 6.92 Å². The monoisotopic (exact) mass is 328 g/mol. The van der Waals surface area contributed by atoms with Gasteiger partial charge in [-0.15, -0.1) is 0 Å². The Morgan fingerprint density at radius 3 is 2.25 bits per heavy atom. The Bertz CT molecular complexity index is 757. The molecule has 1 N–H and O–H groups in total. The molecule has 24 heavy (non-hydrogen) atoms. The van der Waals surface area contributed by atoms with Gasteiger partial charge in [0.25, 0.3) is 5.91 Å². The first-order chi connectivity index (χ1) is 11.6. The lowest BCUT2D eigenvalue weighted by atomic mass is 10.1. The van der Waals surface area contributed by atoms with Crippen LogP contribution in [0.2, 0.25) is 0 Å². The Kier molecular flexibility index (Phi) is 5.78. The van der Waals surface area contributed by atoms with E-state index in [0.29, 0.717) is 28.4 Å². The van der Waals surface area contributed by atoms with E-state index in [-0.39, 0.29) is 5.91 Å². The van der Waals surface area contributed by atoms with Crippen molar-refractivity contribution in [3.8, 4) is 17.2 Å². The number of benzene rings is 2. The van der Waals surface area contributed by atoms with Crippen molar-refractivity contribution in [3.05, 3.63) is 53.1 Å². The lowest BCUT2D eigenvalue weighted by Crippen LogP contribution is -2.18. The van der Waals surface area contributed by atoms with Gasteiger partial charge in [0.1, 0.15) is 5.75 Å². The van der Waals surface area contributed by atoms with Crippen molar-refractivity contribution in [2.24, 2.45) is 5.10 Å². The molecule has 0 aromatic heterocycles. The highest BCUT2D eigenvalue weighted by atomic mass is 16.5. The van der Waals surface area contributed by atoms with Crippen LogP contribution in [0, 0.1) is 6.92 Å². The summed E-state index contributed by atoms with van der Waals surface area (Å²) in [4.78, 5) is 12.1. The van der Waals surface area contributed by atoms with Crippen molar-refractivity contribution in [1.82, 2.24) is 5.43 Å². The smallest absolute Gasteiger partial charge is 0.271 e. The van der Waals surface area contributed by atoms with E-state index < -0.39 is 0 Å². The van der Waals surface area contributed by atoms with Gasteiger partial charge in [0.15, 0.2) is 11.5 Å². The molecule has 0 unspecified atom stereocenters. The zero-order valence-electron chi connectivity index (χ0n) is 14.1. The lowest BCUT2D eigenvalue weighted by molar-refractivity contribution is 0.0954. The molecule has 126 valence electrons. The second-order valence-corrected chi connectivity index (χ2v) is 4.96. The Labute approximate surface area is 141 Å². The molecule has 2 aromatic rings. The van der Waals surface area contributed by atoms with Crippen LogP contribution in [0.4, 0.5) is 0 Å². The summed E-state index contributed by atoms with van der Waals surface area (Å²) < 4.78 is 15.8.